The van der Waals surface area contributed by atoms with Crippen molar-refractivity contribution < 1.29 is 0 Å². The van der Waals surface area contributed by atoms with Gasteiger partial charge < -0.3 is 5.32 Å². The van der Waals surface area contributed by atoms with Gasteiger partial charge in [0.2, 0.25) is 0 Å². The summed E-state index contributed by atoms with van der Waals surface area (Å²) in [5, 5.41) is 4.27. The zero-order valence-corrected chi connectivity index (χ0v) is 14.4. The molecule has 0 aromatic heterocycles. The lowest BCUT2D eigenvalue weighted by molar-refractivity contribution is 0.574. The fourth-order valence-corrected chi connectivity index (χ4v) is 2.85. The van der Waals surface area contributed by atoms with E-state index in [1.54, 1.807) is 0 Å². The summed E-state index contributed by atoms with van der Waals surface area (Å²) in [6.07, 6.45) is 0. The molecule has 2 aromatic carbocycles. The second-order valence-electron chi connectivity index (χ2n) is 4.39. The molecule has 1 N–H and O–H groups in total. The molecule has 0 aliphatic rings. The van der Waals surface area contributed by atoms with Gasteiger partial charge in [0.25, 0.3) is 0 Å². The second-order valence-corrected chi connectivity index (χ2v) is 6.63. The highest BCUT2D eigenvalue weighted by Crippen LogP contribution is 2.22. The van der Waals surface area contributed by atoms with E-state index in [9.17, 15) is 0 Å². The molecule has 0 saturated carbocycles. The van der Waals surface area contributed by atoms with Gasteiger partial charge >= 0.3 is 0 Å². The van der Waals surface area contributed by atoms with Gasteiger partial charge in [-0.1, -0.05) is 55.6 Å². The quantitative estimate of drug-likeness (QED) is 0.689. The van der Waals surface area contributed by atoms with Gasteiger partial charge in [-0.05, 0) is 48.4 Å². The molecule has 0 radical (unpaired) electrons. The number of nitrogens with one attached hydrogen (secondary N) is 1. The van der Waals surface area contributed by atoms with Gasteiger partial charge in [0.05, 0.1) is 0 Å². The van der Waals surface area contributed by atoms with Gasteiger partial charge in [-0.25, -0.2) is 0 Å². The first-order valence-electron chi connectivity index (χ1n) is 5.99. The molecule has 2 rings (SSSR count). The van der Waals surface area contributed by atoms with Crippen molar-refractivity contribution in [3.05, 3.63) is 67.6 Å². The number of rotatable bonds is 4. The Morgan fingerprint density at radius 2 is 1.84 bits per heavy atom. The van der Waals surface area contributed by atoms with E-state index in [1.807, 2.05) is 30.3 Å². The van der Waals surface area contributed by atoms with Crippen LogP contribution in [-0.2, 0) is 6.54 Å². The lowest BCUT2D eigenvalue weighted by Gasteiger charge is -2.15. The third-order valence-electron chi connectivity index (χ3n) is 2.96. The van der Waals surface area contributed by atoms with Crippen molar-refractivity contribution in [3.8, 4) is 0 Å². The van der Waals surface area contributed by atoms with Crippen molar-refractivity contribution in [3.63, 3.8) is 0 Å². The summed E-state index contributed by atoms with van der Waals surface area (Å²) in [6.45, 7) is 2.89. The number of halogens is 3. The van der Waals surface area contributed by atoms with E-state index < -0.39 is 0 Å². The van der Waals surface area contributed by atoms with Crippen molar-refractivity contribution in [2.45, 2.75) is 19.5 Å². The summed E-state index contributed by atoms with van der Waals surface area (Å²) in [7, 11) is 0. The summed E-state index contributed by atoms with van der Waals surface area (Å²) in [6, 6.07) is 14.5. The summed E-state index contributed by atoms with van der Waals surface area (Å²) >= 11 is 13.1. The lowest BCUT2D eigenvalue weighted by atomic mass is 10.1. The smallest absolute Gasteiger partial charge is 0.0451 e. The fourth-order valence-electron chi connectivity index (χ4n) is 1.84. The zero-order valence-electron chi connectivity index (χ0n) is 10.5. The first kappa shape index (κ1) is 15.0. The molecule has 1 atom stereocenters. The average molecular weight is 404 g/mol. The van der Waals surface area contributed by atoms with Crippen molar-refractivity contribution in [1.82, 2.24) is 5.32 Å². The number of benzene rings is 2. The number of hydrogen-bond donors (Lipinski definition) is 1. The van der Waals surface area contributed by atoms with Gasteiger partial charge in [0.15, 0.2) is 0 Å². The molecule has 1 unspecified atom stereocenters. The van der Waals surface area contributed by atoms with E-state index in [2.05, 4.69) is 56.2 Å². The Morgan fingerprint density at radius 1 is 1.11 bits per heavy atom. The van der Waals surface area contributed by atoms with Crippen molar-refractivity contribution >= 4 is 43.5 Å². The topological polar surface area (TPSA) is 12.0 Å². The predicted molar refractivity (Wildman–Crippen MR) is 88.5 cm³/mol. The van der Waals surface area contributed by atoms with E-state index >= 15 is 0 Å². The fraction of sp³-hybridized carbons (Fsp3) is 0.200. The molecule has 0 aliphatic heterocycles. The minimum absolute atomic E-state index is 0.271. The maximum absolute atomic E-state index is 6.18. The van der Waals surface area contributed by atoms with Crippen LogP contribution in [0.4, 0.5) is 0 Å². The summed E-state index contributed by atoms with van der Waals surface area (Å²) in [5.74, 6) is 0. The molecular weight excluding hydrogens is 389 g/mol. The van der Waals surface area contributed by atoms with E-state index in [0.29, 0.717) is 0 Å². The highest BCUT2D eigenvalue weighted by Gasteiger charge is 2.07. The van der Waals surface area contributed by atoms with Crippen LogP contribution in [0.5, 0.6) is 0 Å². The molecule has 1 nitrogen and oxygen atoms in total. The van der Waals surface area contributed by atoms with Crippen LogP contribution in [-0.4, -0.2) is 0 Å². The van der Waals surface area contributed by atoms with Crippen molar-refractivity contribution in [1.29, 1.82) is 0 Å². The van der Waals surface area contributed by atoms with Gasteiger partial charge in [0, 0.05) is 26.6 Å². The Balaban J connectivity index is 2.04. The Kier molecular flexibility index (Phi) is 5.46. The summed E-state index contributed by atoms with van der Waals surface area (Å²) in [4.78, 5) is 0. The molecule has 0 bridgehead atoms. The van der Waals surface area contributed by atoms with Gasteiger partial charge in [-0.2, -0.15) is 0 Å². The predicted octanol–water partition coefficient (Wildman–Crippen LogP) is 5.72. The van der Waals surface area contributed by atoms with E-state index in [4.69, 9.17) is 11.6 Å². The van der Waals surface area contributed by atoms with Crippen LogP contribution < -0.4 is 5.32 Å². The maximum Gasteiger partial charge on any atom is 0.0451 e. The molecule has 2 aromatic rings. The largest absolute Gasteiger partial charge is 0.306 e. The highest BCUT2D eigenvalue weighted by molar-refractivity contribution is 9.10. The summed E-state index contributed by atoms with van der Waals surface area (Å²) in [5.41, 5.74) is 2.35. The highest BCUT2D eigenvalue weighted by atomic mass is 79.9. The van der Waals surface area contributed by atoms with E-state index in [-0.39, 0.29) is 6.04 Å². The Morgan fingerprint density at radius 3 is 2.58 bits per heavy atom. The van der Waals surface area contributed by atoms with Crippen molar-refractivity contribution in [2.75, 3.05) is 0 Å². The van der Waals surface area contributed by atoms with Crippen LogP contribution in [0, 0.1) is 0 Å². The second kappa shape index (κ2) is 6.89. The minimum atomic E-state index is 0.271. The molecular formula is C15H14Br2ClN. The van der Waals surface area contributed by atoms with Crippen LogP contribution in [0.1, 0.15) is 24.1 Å². The third-order valence-corrected chi connectivity index (χ3v) is 4.31. The minimum Gasteiger partial charge on any atom is -0.306 e. The molecule has 0 aliphatic carbocycles. The van der Waals surface area contributed by atoms with Crippen LogP contribution >= 0.6 is 43.5 Å². The maximum atomic E-state index is 6.18. The molecule has 19 heavy (non-hydrogen) atoms. The first-order valence-corrected chi connectivity index (χ1v) is 7.95. The molecule has 0 heterocycles. The summed E-state index contributed by atoms with van der Waals surface area (Å²) < 4.78 is 2.14. The standard InChI is InChI=1S/C15H14Br2ClN/c1-10(11-3-2-4-13(16)7-11)19-9-12-8-14(17)5-6-15(12)18/h2-8,10,19H,9H2,1H3. The Bertz CT molecular complexity index is 572. The molecule has 0 amide bonds. The first-order chi connectivity index (χ1) is 9.06. The third kappa shape index (κ3) is 4.32. The zero-order chi connectivity index (χ0) is 13.8. The van der Waals surface area contributed by atoms with Gasteiger partial charge in [-0.15, -0.1) is 0 Å². The van der Waals surface area contributed by atoms with Crippen LogP contribution in [0.15, 0.2) is 51.4 Å². The van der Waals surface area contributed by atoms with Gasteiger partial charge in [0.1, 0.15) is 0 Å². The number of hydrogen-bond acceptors (Lipinski definition) is 1. The lowest BCUT2D eigenvalue weighted by Crippen LogP contribution is -2.18. The van der Waals surface area contributed by atoms with Crippen molar-refractivity contribution in [2.24, 2.45) is 0 Å². The van der Waals surface area contributed by atoms with Crippen LogP contribution in [0.25, 0.3) is 0 Å². The Hall–Kier alpha value is -0.350. The van der Waals surface area contributed by atoms with E-state index in [1.165, 1.54) is 5.56 Å². The molecule has 0 spiro atoms. The monoisotopic (exact) mass is 401 g/mol. The Labute approximate surface area is 135 Å². The normalized spacial score (nSPS) is 12.4. The average Bonchev–Trinajstić information content (AvgIpc) is 2.39. The van der Waals surface area contributed by atoms with Crippen LogP contribution in [0.3, 0.4) is 0 Å². The van der Waals surface area contributed by atoms with E-state index in [0.717, 1.165) is 26.1 Å². The molecule has 0 fully saturated rings. The SMILES string of the molecule is CC(NCc1cc(Br)ccc1Cl)c1cccc(Br)c1. The molecule has 0 saturated heterocycles. The van der Waals surface area contributed by atoms with Gasteiger partial charge in [-0.3, -0.25) is 0 Å². The molecule has 100 valence electrons. The molecule has 4 heteroatoms. The van der Waals surface area contributed by atoms with Crippen LogP contribution in [0.2, 0.25) is 5.02 Å².